The van der Waals surface area contributed by atoms with Crippen LogP contribution in [-0.2, 0) is 44.2 Å². The van der Waals surface area contributed by atoms with Crippen molar-refractivity contribution in [1.82, 2.24) is 77.8 Å². The lowest BCUT2D eigenvalue weighted by Gasteiger charge is -2.34. The Kier molecular flexibility index (Phi) is 25.5. The van der Waals surface area contributed by atoms with Crippen LogP contribution < -0.4 is 43.1 Å². The molecule has 47 heteroatoms. The van der Waals surface area contributed by atoms with Crippen LogP contribution in [0.15, 0.2) is 119 Å². The molecule has 0 radical (unpaired) electrons. The van der Waals surface area contributed by atoms with Crippen LogP contribution in [-0.4, -0.2) is 193 Å². The van der Waals surface area contributed by atoms with E-state index in [0.717, 1.165) is 44.0 Å². The number of carbonyl (C=O) groups is 3. The number of aliphatic hydroxyl groups is 1. The molecule has 3 saturated heterocycles. The summed E-state index contributed by atoms with van der Waals surface area (Å²) in [4.78, 5) is 60.2. The molecule has 3 fully saturated rings. The van der Waals surface area contributed by atoms with Crippen LogP contribution in [0, 0.1) is 54.8 Å². The lowest BCUT2D eigenvalue weighted by Crippen LogP contribution is -2.43. The van der Waals surface area contributed by atoms with Crippen LogP contribution in [0.5, 0.6) is 17.6 Å². The number of anilines is 3. The molecule has 9 aromatic rings. The van der Waals surface area contributed by atoms with E-state index in [1.165, 1.54) is 196 Å². The molecule has 5 N–H and O–H groups in total. The minimum Gasteiger partial charge on any atom is -0.476 e. The predicted octanol–water partition coefficient (Wildman–Crippen LogP) is 13.0. The van der Waals surface area contributed by atoms with Gasteiger partial charge in [0.1, 0.15) is 57.4 Å². The van der Waals surface area contributed by atoms with Gasteiger partial charge in [-0.1, -0.05) is 27.0 Å². The van der Waals surface area contributed by atoms with Crippen LogP contribution in [0.4, 0.5) is 57.0 Å². The molecule has 32 nitrogen and oxygen atoms in total. The number of alkyl halides is 9. The number of aromatic nitrogens is 13. The number of pyridine rings is 3. The monoisotopic (exact) mass is 1920 g/mol. The van der Waals surface area contributed by atoms with Crippen molar-refractivity contribution in [3.8, 4) is 35.1 Å². The van der Waals surface area contributed by atoms with Gasteiger partial charge in [0.25, 0.3) is 47.8 Å². The first-order valence-corrected chi connectivity index (χ1v) is 42.2. The van der Waals surface area contributed by atoms with E-state index in [-0.39, 0.29) is 137 Å². The van der Waals surface area contributed by atoms with Gasteiger partial charge in [0.2, 0.25) is 17.6 Å². The lowest BCUT2D eigenvalue weighted by atomic mass is 9.92. The Hall–Kier alpha value is -9.71. The minimum absolute atomic E-state index is 0. The molecule has 9 aromatic heterocycles. The maximum Gasteiger partial charge on any atom is 0.399 e. The van der Waals surface area contributed by atoms with Gasteiger partial charge in [0.15, 0.2) is 17.5 Å². The van der Waals surface area contributed by atoms with E-state index in [0.29, 0.717) is 11.1 Å². The van der Waals surface area contributed by atoms with Gasteiger partial charge in [-0.05, 0) is 181 Å². The summed E-state index contributed by atoms with van der Waals surface area (Å²) < 4.78 is 343. The number of ether oxygens (including phenoxy) is 3. The van der Waals surface area contributed by atoms with E-state index in [4.69, 9.17) is 33.4 Å². The molecule has 12 heterocycles. The second-order valence-corrected chi connectivity index (χ2v) is 37.6. The first-order valence-electron chi connectivity index (χ1n) is 44.8. The average molecular weight is 1920 g/mol. The largest absolute Gasteiger partial charge is 0.476 e. The van der Waals surface area contributed by atoms with Crippen LogP contribution in [0.25, 0.3) is 17.5 Å². The summed E-state index contributed by atoms with van der Waals surface area (Å²) in [5, 5.41) is 25.6. The minimum atomic E-state index is -4.77. The standard InChI is InChI=1S/C27H36F3N7O4S.C27H35F3N6O5S.C26H33F3N6O4S.3H2S/c1-8-18-13-26(5,6)36(14-18)23-19(24(38)34-42(39,40)20-15-35(7)32-17(20)2)9-10-21(31-23)37-12-11-22(33-37)41-16-25(3,4)27(28,29)30;1-17-11-25(3,4)35(12-17)23-19(24(38)33-42(39,40)20-14-34(6)13-18(20)2)7-8-21(31-23)36-10-9-22(32-36)41-16-26(5,15-37)27(28,29)30;1-16-11-25(5,6)34(14-16)22-18(23(36)33-40(37,38)19-13-30-12-17(19)2)7-8-20(31-22)35-10-9-21(32-35)39-15-24(3,4)26(27,28)29;;;/h9-12,15,18H,8,13-14,16H2,1-7H3,(H,34,38);7-10,13-14,17,37H,11-12,15-16H2,1-6H3,(H,33,38);7-10,12-13,16,30H,11,14-15H2,1-6H3,(H,33,36);3*1H2/t18-;17-,26?;16-;;;/m000.../s1/i8D2,13D2;2*1D3,11D2;;;. The summed E-state index contributed by atoms with van der Waals surface area (Å²) in [5.41, 5.74) is -11.6. The molecular weight excluding hydrogens is 1800 g/mol. The fourth-order valence-electron chi connectivity index (χ4n) is 12.8. The van der Waals surface area contributed by atoms with Crippen LogP contribution in [0.3, 0.4) is 0 Å². The van der Waals surface area contributed by atoms with Gasteiger partial charge in [-0.25, -0.2) is 68.4 Å². The van der Waals surface area contributed by atoms with E-state index >= 15 is 0 Å². The Morgan fingerprint density at radius 3 is 1.20 bits per heavy atom. The molecule has 0 aromatic carbocycles. The molecule has 1 unspecified atom stereocenters. The Bertz CT molecular complexity index is 6450. The van der Waals surface area contributed by atoms with Crippen molar-refractivity contribution in [2.24, 2.45) is 48.1 Å². The highest BCUT2D eigenvalue weighted by molar-refractivity contribution is 7.90. The van der Waals surface area contributed by atoms with E-state index in [2.05, 4.69) is 40.3 Å². The van der Waals surface area contributed by atoms with E-state index in [1.54, 1.807) is 20.2 Å². The third-order valence-electron chi connectivity index (χ3n) is 20.3. The number of H-pyrrole nitrogens is 1. The van der Waals surface area contributed by atoms with Crippen LogP contribution >= 0.6 is 40.5 Å². The second-order valence-electron chi connectivity index (χ2n) is 32.7. The van der Waals surface area contributed by atoms with Crippen molar-refractivity contribution >= 4 is 106 Å². The van der Waals surface area contributed by atoms with Gasteiger partial charge in [0.05, 0.1) is 39.8 Å². The topological polar surface area (TPSA) is 378 Å². The molecule has 0 aliphatic carbocycles. The number of nitrogens with one attached hydrogen (secondary N) is 4. The first kappa shape index (κ1) is 84.2. The zero-order valence-corrected chi connectivity index (χ0v) is 77.1. The van der Waals surface area contributed by atoms with Crippen molar-refractivity contribution in [2.75, 3.05) is 60.8 Å². The fraction of sp³-hybridized carbons (Fsp3) is 0.525. The molecule has 0 bridgehead atoms. The van der Waals surface area contributed by atoms with Gasteiger partial charge in [-0.3, -0.25) is 19.1 Å². The van der Waals surface area contributed by atoms with Crippen LogP contribution in [0.2, 0.25) is 0 Å². The summed E-state index contributed by atoms with van der Waals surface area (Å²) in [6.45, 7) is 9.08. The molecular formula is C80H110F9N19O13S6. The fourth-order valence-corrected chi connectivity index (χ4v) is 16.4. The number of aliphatic hydroxyl groups excluding tert-OH is 1. The van der Waals surface area contributed by atoms with Crippen molar-refractivity contribution in [1.29, 1.82) is 0 Å². The number of halogens is 9. The SMILES string of the molecule is S.S.S.[2H]C([2H])(C)[C@@H]1CN(c2nc(-n3ccc(OCC(C)(C)C(F)(F)F)n3)ccc2C(=O)NS(=O)(=O)c2cn(C)nc2C)C(C)(C)C1([2H])[2H].[2H]C([2H])([2H])[C@@H]1CN(c2nc(-n3ccc(OCC(C)(C)C(F)(F)F)n3)ccc2C(=O)NS(=O)(=O)c2c[nH]cc2C)C(C)(C)C1([2H])[2H].[2H]C([2H])([2H])[C@@H]1CN(c2nc(-n3ccc(OCC(C)(CO)C(F)(F)F)n3)ccc2C(=O)NS(=O)(=O)c2cn(C)cc2C)C(C)(C)C1([2H])[2H]. The van der Waals surface area contributed by atoms with Crippen molar-refractivity contribution in [3.63, 3.8) is 0 Å². The van der Waals surface area contributed by atoms with Crippen molar-refractivity contribution in [2.45, 2.75) is 193 Å². The number of sulfonamides is 3. The molecule has 3 aliphatic rings. The Morgan fingerprint density at radius 1 is 0.520 bits per heavy atom. The van der Waals surface area contributed by atoms with Gasteiger partial charge >= 0.3 is 18.5 Å². The summed E-state index contributed by atoms with van der Waals surface area (Å²) in [6.07, 6.45) is -12.0. The normalized spacial score (nSPS) is 20.7. The highest BCUT2D eigenvalue weighted by Crippen LogP contribution is 2.45. The van der Waals surface area contributed by atoms with Gasteiger partial charge in [-0.2, -0.15) is 85.1 Å². The summed E-state index contributed by atoms with van der Waals surface area (Å²) in [7, 11) is -10.0. The average Bonchev–Trinajstić information content (AvgIpc) is 1.57. The number of hydrogen-bond acceptors (Lipinski definition) is 23. The predicted molar refractivity (Wildman–Crippen MR) is 470 cm³/mol. The molecule has 0 saturated carbocycles. The molecule has 12 rings (SSSR count). The lowest BCUT2D eigenvalue weighted by molar-refractivity contribution is -0.237. The summed E-state index contributed by atoms with van der Waals surface area (Å²) in [5.74, 6) is -8.75. The number of aromatic amines is 1. The summed E-state index contributed by atoms with van der Waals surface area (Å²) in [6, 6.07) is 11.4. The Balaban J connectivity index is 0.000000284. The number of nitrogens with zero attached hydrogens (tertiary/aromatic N) is 15. The number of carbonyl (C=O) groups excluding carboxylic acids is 3. The third kappa shape index (κ3) is 23.5. The molecule has 3 aliphatic heterocycles. The number of hydrogen-bond donors (Lipinski definition) is 5. The van der Waals surface area contributed by atoms with Crippen molar-refractivity contribution < 1.29 is 118 Å². The third-order valence-corrected chi connectivity index (χ3v) is 24.7. The van der Waals surface area contributed by atoms with E-state index in [1.807, 2.05) is 14.2 Å². The van der Waals surface area contributed by atoms with E-state index < -0.39 is 196 Å². The molecule has 0 spiro atoms. The maximum atomic E-state index is 13.6. The number of amides is 3. The van der Waals surface area contributed by atoms with Gasteiger partial charge in [0, 0.05) is 137 Å². The zero-order valence-electron chi connectivity index (χ0n) is 85.7. The van der Waals surface area contributed by atoms with E-state index in [9.17, 15) is 84.3 Å². The molecule has 127 heavy (non-hydrogen) atoms. The quantitative estimate of drug-likeness (QED) is 0.0314. The van der Waals surface area contributed by atoms with Gasteiger partial charge < -0.3 is 43.6 Å². The Labute approximate surface area is 772 Å². The maximum absolute atomic E-state index is 13.6. The molecule has 4 atom stereocenters. The second kappa shape index (κ2) is 38.5. The highest BCUT2D eigenvalue weighted by atomic mass is 32.2. The zero-order chi connectivity index (χ0) is 104. The van der Waals surface area contributed by atoms with Crippen LogP contribution in [0.1, 0.15) is 189 Å². The van der Waals surface area contributed by atoms with Gasteiger partial charge in [-0.15, -0.1) is 15.3 Å². The Morgan fingerprint density at radius 2 is 0.890 bits per heavy atom. The highest BCUT2D eigenvalue weighted by Gasteiger charge is 2.53. The number of aryl methyl sites for hydroxylation is 5. The molecule has 702 valence electrons. The molecule has 3 amide bonds. The smallest absolute Gasteiger partial charge is 0.399 e. The van der Waals surface area contributed by atoms with Crippen molar-refractivity contribution in [3.05, 3.63) is 138 Å². The summed E-state index contributed by atoms with van der Waals surface area (Å²) >= 11 is 0. The number of rotatable bonds is 26. The first-order chi connectivity index (χ1) is 62.5.